The molecule has 1 heterocycles. The molecule has 0 bridgehead atoms. The molecule has 1 saturated carbocycles. The van der Waals surface area contributed by atoms with Crippen molar-refractivity contribution in [2.75, 3.05) is 7.05 Å². The molecule has 1 aliphatic carbocycles. The molecule has 1 aromatic carbocycles. The Balaban J connectivity index is 2.07. The largest absolute Gasteiger partial charge is 0.401 e. The third-order valence-corrected chi connectivity index (χ3v) is 5.71. The number of hydrogen-bond acceptors (Lipinski definition) is 1. The lowest BCUT2D eigenvalue weighted by Crippen LogP contribution is -2.41. The SMILES string of the molecule is C[N+]1=C(c2ccc(Cl)c(Cl)c2)O/C(=C\Br)C12CCCCC2. The van der Waals surface area contributed by atoms with E-state index in [-0.39, 0.29) is 5.54 Å². The maximum absolute atomic E-state index is 6.15. The molecule has 1 fully saturated rings. The van der Waals surface area contributed by atoms with Crippen LogP contribution in [0.2, 0.25) is 10.0 Å². The van der Waals surface area contributed by atoms with Crippen molar-refractivity contribution in [1.29, 1.82) is 0 Å². The van der Waals surface area contributed by atoms with Crippen LogP contribution in [0.15, 0.2) is 28.9 Å². The molecule has 0 unspecified atom stereocenters. The molecule has 2 aliphatic rings. The first-order valence-corrected chi connectivity index (χ1v) is 8.80. The Hall–Kier alpha value is -0.510. The predicted octanol–water partition coefficient (Wildman–Crippen LogP) is 5.35. The van der Waals surface area contributed by atoms with Crippen LogP contribution >= 0.6 is 39.1 Å². The van der Waals surface area contributed by atoms with Crippen LogP contribution in [-0.4, -0.2) is 23.1 Å². The fourth-order valence-corrected chi connectivity index (χ4v) is 4.17. The quantitative estimate of drug-likeness (QED) is 0.589. The molecule has 1 aliphatic heterocycles. The number of halogens is 3. The molecule has 3 rings (SSSR count). The summed E-state index contributed by atoms with van der Waals surface area (Å²) in [6.07, 6.45) is 5.99. The van der Waals surface area contributed by atoms with E-state index < -0.39 is 0 Å². The average molecular weight is 390 g/mol. The second-order valence-corrected chi connectivity index (χ2v) is 6.93. The van der Waals surface area contributed by atoms with Crippen LogP contribution in [0.1, 0.15) is 37.7 Å². The van der Waals surface area contributed by atoms with Crippen LogP contribution in [-0.2, 0) is 4.74 Å². The van der Waals surface area contributed by atoms with Crippen molar-refractivity contribution in [3.05, 3.63) is 44.6 Å². The van der Waals surface area contributed by atoms with Crippen molar-refractivity contribution in [2.24, 2.45) is 0 Å². The Labute approximate surface area is 143 Å². The first-order valence-electron chi connectivity index (χ1n) is 7.13. The Morgan fingerprint density at radius 3 is 2.52 bits per heavy atom. The van der Waals surface area contributed by atoms with Crippen LogP contribution in [0.5, 0.6) is 0 Å². The number of likely N-dealkylation sites (N-methyl/N-ethyl adjacent to an activating group) is 1. The van der Waals surface area contributed by atoms with Gasteiger partial charge in [0.05, 0.1) is 15.6 Å². The molecule has 21 heavy (non-hydrogen) atoms. The van der Waals surface area contributed by atoms with Crippen molar-refractivity contribution >= 4 is 45.0 Å². The van der Waals surface area contributed by atoms with Crippen molar-refractivity contribution < 1.29 is 9.31 Å². The predicted molar refractivity (Wildman–Crippen MR) is 90.7 cm³/mol. The van der Waals surface area contributed by atoms with Crippen LogP contribution in [0.25, 0.3) is 0 Å². The highest BCUT2D eigenvalue weighted by atomic mass is 79.9. The Morgan fingerprint density at radius 2 is 1.90 bits per heavy atom. The van der Waals surface area contributed by atoms with E-state index in [1.165, 1.54) is 19.3 Å². The minimum atomic E-state index is -0.0246. The summed E-state index contributed by atoms with van der Waals surface area (Å²) in [7, 11) is 2.10. The number of rotatable bonds is 1. The Morgan fingerprint density at radius 1 is 1.19 bits per heavy atom. The highest BCUT2D eigenvalue weighted by Gasteiger charge is 2.53. The van der Waals surface area contributed by atoms with Crippen LogP contribution in [0.3, 0.4) is 0 Å². The first-order chi connectivity index (χ1) is 10.1. The van der Waals surface area contributed by atoms with Crippen LogP contribution in [0.4, 0.5) is 0 Å². The second-order valence-electron chi connectivity index (χ2n) is 5.66. The van der Waals surface area contributed by atoms with Gasteiger partial charge in [0.15, 0.2) is 5.76 Å². The lowest BCUT2D eigenvalue weighted by Gasteiger charge is -2.28. The summed E-state index contributed by atoms with van der Waals surface area (Å²) >= 11 is 15.6. The smallest absolute Gasteiger partial charge is 0.375 e. The minimum Gasteiger partial charge on any atom is -0.401 e. The number of benzene rings is 1. The van der Waals surface area contributed by atoms with Crippen molar-refractivity contribution in [3.63, 3.8) is 0 Å². The van der Waals surface area contributed by atoms with Crippen LogP contribution < -0.4 is 0 Å². The molecule has 1 aromatic rings. The normalized spacial score (nSPS) is 23.0. The van der Waals surface area contributed by atoms with Gasteiger partial charge in [-0.2, -0.15) is 4.58 Å². The van der Waals surface area contributed by atoms with Gasteiger partial charge in [0.1, 0.15) is 7.05 Å². The highest BCUT2D eigenvalue weighted by Crippen LogP contribution is 2.42. The maximum atomic E-state index is 6.15. The zero-order valence-corrected chi connectivity index (χ0v) is 14.9. The zero-order chi connectivity index (χ0) is 15.0. The summed E-state index contributed by atoms with van der Waals surface area (Å²) < 4.78 is 8.41. The zero-order valence-electron chi connectivity index (χ0n) is 11.8. The van der Waals surface area contributed by atoms with Gasteiger partial charge >= 0.3 is 5.90 Å². The Bertz CT molecular complexity index is 633. The number of hydrogen-bond donors (Lipinski definition) is 0. The molecular formula is C16H17BrCl2NO+. The first kappa shape index (κ1) is 15.4. The van der Waals surface area contributed by atoms with E-state index in [9.17, 15) is 0 Å². The molecule has 2 nitrogen and oxygen atoms in total. The summed E-state index contributed by atoms with van der Waals surface area (Å²) in [5.41, 5.74) is 0.935. The van der Waals surface area contributed by atoms with Gasteiger partial charge in [-0.3, -0.25) is 0 Å². The lowest BCUT2D eigenvalue weighted by molar-refractivity contribution is -0.570. The molecule has 0 saturated heterocycles. The third kappa shape index (κ3) is 2.54. The van der Waals surface area contributed by atoms with Gasteiger partial charge in [-0.1, -0.05) is 45.6 Å². The van der Waals surface area contributed by atoms with E-state index in [2.05, 4.69) is 27.6 Å². The van der Waals surface area contributed by atoms with Gasteiger partial charge in [0.25, 0.3) is 0 Å². The molecule has 0 atom stereocenters. The summed E-state index contributed by atoms with van der Waals surface area (Å²) in [5, 5.41) is 1.11. The van der Waals surface area contributed by atoms with Gasteiger partial charge in [-0.25, -0.2) is 0 Å². The highest BCUT2D eigenvalue weighted by molar-refractivity contribution is 9.11. The second kappa shape index (κ2) is 5.94. The molecule has 0 amide bonds. The summed E-state index contributed by atoms with van der Waals surface area (Å²) in [6.45, 7) is 0. The fraction of sp³-hybridized carbons (Fsp3) is 0.438. The molecule has 0 radical (unpaired) electrons. The van der Waals surface area contributed by atoms with Gasteiger partial charge in [0, 0.05) is 17.8 Å². The van der Waals surface area contributed by atoms with E-state index in [0.29, 0.717) is 10.0 Å². The summed E-state index contributed by atoms with van der Waals surface area (Å²) in [4.78, 5) is 1.92. The summed E-state index contributed by atoms with van der Waals surface area (Å²) in [6, 6.07) is 5.63. The molecule has 112 valence electrons. The lowest BCUT2D eigenvalue weighted by atomic mass is 9.80. The van der Waals surface area contributed by atoms with Gasteiger partial charge in [0.2, 0.25) is 5.54 Å². The van der Waals surface area contributed by atoms with E-state index in [0.717, 1.165) is 30.1 Å². The topological polar surface area (TPSA) is 12.2 Å². The maximum Gasteiger partial charge on any atom is 0.375 e. The van der Waals surface area contributed by atoms with Gasteiger partial charge in [-0.05, 0) is 31.0 Å². The van der Waals surface area contributed by atoms with E-state index in [1.54, 1.807) is 0 Å². The number of ether oxygens (including phenoxy) is 1. The van der Waals surface area contributed by atoms with Crippen molar-refractivity contribution in [3.8, 4) is 0 Å². The average Bonchev–Trinajstić information content (AvgIpc) is 2.76. The number of nitrogens with zero attached hydrogens (tertiary/aromatic N) is 1. The molecule has 5 heteroatoms. The fourth-order valence-electron chi connectivity index (χ4n) is 3.35. The third-order valence-electron chi connectivity index (χ3n) is 4.56. The van der Waals surface area contributed by atoms with Gasteiger partial charge < -0.3 is 4.74 Å². The minimum absolute atomic E-state index is 0.0246. The van der Waals surface area contributed by atoms with Crippen LogP contribution in [0, 0.1) is 0 Å². The molecule has 1 spiro atoms. The van der Waals surface area contributed by atoms with Crippen molar-refractivity contribution in [1.82, 2.24) is 0 Å². The van der Waals surface area contributed by atoms with Gasteiger partial charge in [-0.15, -0.1) is 0 Å². The molecule has 0 aromatic heterocycles. The molecular weight excluding hydrogens is 373 g/mol. The summed E-state index contributed by atoms with van der Waals surface area (Å²) in [5.74, 6) is 1.84. The van der Waals surface area contributed by atoms with Crippen molar-refractivity contribution in [2.45, 2.75) is 37.6 Å². The van der Waals surface area contributed by atoms with E-state index >= 15 is 0 Å². The Kier molecular flexibility index (Phi) is 4.35. The molecule has 0 N–H and O–H groups in total. The van der Waals surface area contributed by atoms with E-state index in [4.69, 9.17) is 27.9 Å². The van der Waals surface area contributed by atoms with E-state index in [1.807, 2.05) is 23.2 Å². The standard InChI is InChI=1S/C16H17BrCl2NO/c1-20-15(11-5-6-12(18)13(19)9-11)21-14(10-17)16(20)7-3-2-4-8-16/h5-6,9-10H,2-4,7-8H2,1H3/q+1/b14-10-. The monoisotopic (exact) mass is 388 g/mol.